The Morgan fingerprint density at radius 1 is 1.07 bits per heavy atom. The van der Waals surface area contributed by atoms with Crippen LogP contribution in [0.1, 0.15) is 64.9 Å². The Labute approximate surface area is 240 Å². The van der Waals surface area contributed by atoms with Crippen molar-refractivity contribution in [1.29, 1.82) is 5.26 Å². The summed E-state index contributed by atoms with van der Waals surface area (Å²) in [4.78, 5) is 29.2. The molecule has 0 aromatic heterocycles. The molecule has 1 N–H and O–H groups in total. The highest BCUT2D eigenvalue weighted by atomic mass is 16.7. The Kier molecular flexibility index (Phi) is 6.63. The Hall–Kier alpha value is -3.81. The number of benzene rings is 2. The molecule has 0 aliphatic carbocycles. The number of ether oxygens (including phenoxy) is 4. The molecule has 2 aromatic carbocycles. The summed E-state index contributed by atoms with van der Waals surface area (Å²) in [7, 11) is 3.80. The number of methoxy groups -OCH3 is 1. The number of likely N-dealkylation sites (N-methyl/N-ethyl adjacent to an activating group) is 1. The predicted octanol–water partition coefficient (Wildman–Crippen LogP) is 3.18. The molecule has 1 fully saturated rings. The van der Waals surface area contributed by atoms with Crippen molar-refractivity contribution >= 4 is 11.9 Å². The van der Waals surface area contributed by atoms with Crippen LogP contribution in [0.5, 0.6) is 23.0 Å². The average Bonchev–Trinajstić information content (AvgIpc) is 3.40. The molecular formula is C31H36N4O6. The summed E-state index contributed by atoms with van der Waals surface area (Å²) in [5.74, 6) is 1.88. The van der Waals surface area contributed by atoms with E-state index in [1.807, 2.05) is 6.92 Å². The van der Waals surface area contributed by atoms with Crippen molar-refractivity contribution < 1.29 is 28.5 Å². The van der Waals surface area contributed by atoms with E-state index < -0.39 is 18.1 Å². The summed E-state index contributed by atoms with van der Waals surface area (Å²) in [6, 6.07) is 3.69. The molecule has 10 heteroatoms. The third kappa shape index (κ3) is 3.97. The van der Waals surface area contributed by atoms with Gasteiger partial charge in [0.1, 0.15) is 17.5 Å². The molecule has 1 saturated heterocycles. The molecule has 0 saturated carbocycles. The number of nitriles is 1. The van der Waals surface area contributed by atoms with Gasteiger partial charge >= 0.3 is 5.97 Å². The maximum atomic E-state index is 12.3. The van der Waals surface area contributed by atoms with E-state index in [2.05, 4.69) is 48.1 Å². The van der Waals surface area contributed by atoms with Gasteiger partial charge in [-0.05, 0) is 62.9 Å². The molecule has 6 rings (SSSR count). The van der Waals surface area contributed by atoms with Gasteiger partial charge in [0, 0.05) is 49.2 Å². The second kappa shape index (κ2) is 9.93. The molecule has 4 aliphatic heterocycles. The molecule has 2 bridgehead atoms. The molecule has 4 heterocycles. The first-order valence-corrected chi connectivity index (χ1v) is 14.0. The van der Waals surface area contributed by atoms with E-state index in [0.717, 1.165) is 34.4 Å². The lowest BCUT2D eigenvalue weighted by Crippen LogP contribution is -2.69. The molecular weight excluding hydrogens is 524 g/mol. The number of nitrogens with zero attached hydrogens (tertiary/aromatic N) is 3. The standard InChI is InChI=1S/C31H36N4O6/c1-14-8-19-9-21-23(11-32)35-22(27(34(21)6)25(19)15(2)28(14)38-7)10-20-26(24(35)12-33-17(4)36)31-30(39-13-40-31)16(3)29(20)41-18(5)37/h8,21-24,27H,9-10,12-13H2,1-7H3,(H,33,36)/t21-,22?,23+,24+,27-/m1/s1. The number of rotatable bonds is 4. The molecule has 41 heavy (non-hydrogen) atoms. The molecule has 5 atom stereocenters. The van der Waals surface area contributed by atoms with Crippen molar-refractivity contribution in [2.24, 2.45) is 0 Å². The van der Waals surface area contributed by atoms with Crippen LogP contribution in [0, 0.1) is 32.1 Å². The summed E-state index contributed by atoms with van der Waals surface area (Å²) < 4.78 is 23.6. The quantitative estimate of drug-likeness (QED) is 0.445. The molecule has 0 spiro atoms. The topological polar surface area (TPSA) is 113 Å². The number of hydrogen-bond donors (Lipinski definition) is 1. The lowest BCUT2D eigenvalue weighted by atomic mass is 9.71. The largest absolute Gasteiger partial charge is 0.496 e. The number of carbonyl (C=O) groups is 2. The minimum absolute atomic E-state index is 0.0454. The van der Waals surface area contributed by atoms with Crippen LogP contribution in [-0.2, 0) is 22.4 Å². The van der Waals surface area contributed by atoms with Crippen molar-refractivity contribution in [1.82, 2.24) is 15.1 Å². The number of hydrogen-bond acceptors (Lipinski definition) is 9. The summed E-state index contributed by atoms with van der Waals surface area (Å²) in [6.07, 6.45) is 1.24. The van der Waals surface area contributed by atoms with Crippen LogP contribution in [0.25, 0.3) is 0 Å². The van der Waals surface area contributed by atoms with Gasteiger partial charge in [0.15, 0.2) is 11.5 Å². The van der Waals surface area contributed by atoms with Crippen LogP contribution in [-0.4, -0.2) is 67.3 Å². The van der Waals surface area contributed by atoms with Crippen molar-refractivity contribution in [2.75, 3.05) is 27.5 Å². The second-order valence-electron chi connectivity index (χ2n) is 11.6. The number of nitrogens with one attached hydrogen (secondary N) is 1. The summed E-state index contributed by atoms with van der Waals surface area (Å²) >= 11 is 0. The molecule has 0 radical (unpaired) electrons. The molecule has 1 unspecified atom stereocenters. The lowest BCUT2D eigenvalue weighted by Gasteiger charge is -2.60. The van der Waals surface area contributed by atoms with Crippen molar-refractivity contribution in [3.05, 3.63) is 45.0 Å². The monoisotopic (exact) mass is 560 g/mol. The SMILES string of the molecule is COc1c(C)cc2c(c1C)[C@H]1C3Cc4c(OC(C)=O)c(C)c5c(c4[C@H](CNC(C)=O)N3[C@@H](C#N)[C@@H](C2)N1C)OCO5. The van der Waals surface area contributed by atoms with E-state index in [1.165, 1.54) is 25.0 Å². The summed E-state index contributed by atoms with van der Waals surface area (Å²) in [5.41, 5.74) is 6.99. The van der Waals surface area contributed by atoms with Crippen LogP contribution >= 0.6 is 0 Å². The maximum absolute atomic E-state index is 12.3. The van der Waals surface area contributed by atoms with Gasteiger partial charge in [0.2, 0.25) is 12.7 Å². The van der Waals surface area contributed by atoms with Gasteiger partial charge in [-0.2, -0.15) is 5.26 Å². The van der Waals surface area contributed by atoms with Crippen molar-refractivity contribution in [3.8, 4) is 29.1 Å². The first-order chi connectivity index (χ1) is 19.6. The first kappa shape index (κ1) is 27.4. The van der Waals surface area contributed by atoms with Crippen LogP contribution < -0.4 is 24.3 Å². The lowest BCUT2D eigenvalue weighted by molar-refractivity contribution is -0.132. The van der Waals surface area contributed by atoms with Crippen molar-refractivity contribution in [2.45, 2.75) is 77.7 Å². The van der Waals surface area contributed by atoms with Crippen LogP contribution in [0.4, 0.5) is 0 Å². The normalized spacial score (nSPS) is 25.9. The number of amides is 1. The Morgan fingerprint density at radius 2 is 1.80 bits per heavy atom. The first-order valence-electron chi connectivity index (χ1n) is 14.0. The van der Waals surface area contributed by atoms with Crippen molar-refractivity contribution in [3.63, 3.8) is 0 Å². The number of piperazine rings is 1. The van der Waals surface area contributed by atoms with Crippen LogP contribution in [0.3, 0.4) is 0 Å². The average molecular weight is 561 g/mol. The number of fused-ring (bicyclic) bond motifs is 9. The van der Waals surface area contributed by atoms with Gasteiger partial charge in [-0.25, -0.2) is 0 Å². The highest BCUT2D eigenvalue weighted by molar-refractivity contribution is 5.75. The van der Waals surface area contributed by atoms with Gasteiger partial charge in [-0.15, -0.1) is 0 Å². The molecule has 1 amide bonds. The number of esters is 1. The van der Waals surface area contributed by atoms with E-state index in [9.17, 15) is 14.9 Å². The zero-order chi connectivity index (χ0) is 29.3. The predicted molar refractivity (Wildman–Crippen MR) is 149 cm³/mol. The van der Waals surface area contributed by atoms with Gasteiger partial charge in [-0.3, -0.25) is 19.4 Å². The fourth-order valence-corrected chi connectivity index (χ4v) is 7.89. The van der Waals surface area contributed by atoms with E-state index in [1.54, 1.807) is 7.11 Å². The molecule has 216 valence electrons. The molecule has 4 aliphatic rings. The number of carbonyl (C=O) groups excluding carboxylic acids is 2. The molecule has 10 nitrogen and oxygen atoms in total. The highest BCUT2D eigenvalue weighted by Gasteiger charge is 2.56. The third-order valence-corrected chi connectivity index (χ3v) is 9.33. The molecule has 2 aromatic rings. The minimum Gasteiger partial charge on any atom is -0.496 e. The zero-order valence-corrected chi connectivity index (χ0v) is 24.6. The van der Waals surface area contributed by atoms with Gasteiger partial charge in [-0.1, -0.05) is 6.07 Å². The number of aryl methyl sites for hydroxylation is 1. The summed E-state index contributed by atoms with van der Waals surface area (Å²) in [6.45, 7) is 9.23. The van der Waals surface area contributed by atoms with E-state index >= 15 is 0 Å². The Morgan fingerprint density at radius 3 is 2.46 bits per heavy atom. The van der Waals surface area contributed by atoms with Gasteiger partial charge in [0.25, 0.3) is 0 Å². The Bertz CT molecular complexity index is 1510. The van der Waals surface area contributed by atoms with Gasteiger partial charge < -0.3 is 24.3 Å². The fraction of sp³-hybridized carbons (Fsp3) is 0.516. The Balaban J connectivity index is 1.63. The second-order valence-corrected chi connectivity index (χ2v) is 11.6. The maximum Gasteiger partial charge on any atom is 0.308 e. The minimum atomic E-state index is -0.458. The van der Waals surface area contributed by atoms with Crippen LogP contribution in [0.2, 0.25) is 0 Å². The zero-order valence-electron chi connectivity index (χ0n) is 24.6. The third-order valence-electron chi connectivity index (χ3n) is 9.33. The van der Waals surface area contributed by atoms with E-state index in [0.29, 0.717) is 29.2 Å². The smallest absolute Gasteiger partial charge is 0.308 e. The summed E-state index contributed by atoms with van der Waals surface area (Å²) in [5, 5.41) is 13.7. The van der Waals surface area contributed by atoms with Crippen LogP contribution in [0.15, 0.2) is 6.07 Å². The van der Waals surface area contributed by atoms with Gasteiger partial charge in [0.05, 0.1) is 25.3 Å². The fourth-order valence-electron chi connectivity index (χ4n) is 7.89. The van der Waals surface area contributed by atoms with E-state index in [-0.39, 0.29) is 37.4 Å². The highest BCUT2D eigenvalue weighted by Crippen LogP contribution is 2.57. The van der Waals surface area contributed by atoms with E-state index in [4.69, 9.17) is 18.9 Å².